The molecule has 11 heteroatoms. The van der Waals surface area contributed by atoms with Gasteiger partial charge in [-0.25, -0.2) is 8.42 Å². The van der Waals surface area contributed by atoms with Gasteiger partial charge >= 0.3 is 0 Å². The number of nitrogens with one attached hydrogen (secondary N) is 2. The van der Waals surface area contributed by atoms with E-state index in [1.54, 1.807) is 37.3 Å². The van der Waals surface area contributed by atoms with Gasteiger partial charge in [0.1, 0.15) is 21.6 Å². The second-order valence-corrected chi connectivity index (χ2v) is 10.5. The van der Waals surface area contributed by atoms with Crippen LogP contribution in [-0.2, 0) is 19.4 Å². The molecule has 2 atom stereocenters. The van der Waals surface area contributed by atoms with E-state index in [4.69, 9.17) is 4.74 Å². The highest BCUT2D eigenvalue weighted by Crippen LogP contribution is 2.31. The number of anilines is 1. The van der Waals surface area contributed by atoms with E-state index in [-0.39, 0.29) is 35.8 Å². The summed E-state index contributed by atoms with van der Waals surface area (Å²) >= 11 is 0. The van der Waals surface area contributed by atoms with Crippen LogP contribution >= 0.6 is 0 Å². The predicted molar refractivity (Wildman–Crippen MR) is 122 cm³/mol. The molecule has 0 aliphatic carbocycles. The molecule has 2 N–H and O–H groups in total. The number of hydrogen-bond donors (Lipinski definition) is 2. The van der Waals surface area contributed by atoms with Crippen molar-refractivity contribution in [2.24, 2.45) is 0 Å². The number of sulfone groups is 1. The van der Waals surface area contributed by atoms with E-state index in [0.717, 1.165) is 11.2 Å². The second kappa shape index (κ2) is 8.90. The molecule has 0 fully saturated rings. The maximum Gasteiger partial charge on any atom is 0.262 e. The molecule has 0 radical (unpaired) electrons. The van der Waals surface area contributed by atoms with Crippen LogP contribution in [0.4, 0.5) is 5.69 Å². The van der Waals surface area contributed by atoms with Crippen molar-refractivity contribution in [2.45, 2.75) is 25.4 Å². The summed E-state index contributed by atoms with van der Waals surface area (Å²) in [5.74, 6) is -2.13. The molecule has 2 aliphatic rings. The van der Waals surface area contributed by atoms with E-state index in [1.165, 1.54) is 12.1 Å². The van der Waals surface area contributed by atoms with Gasteiger partial charge in [0.15, 0.2) is 6.61 Å². The molecule has 2 aromatic carbocycles. The van der Waals surface area contributed by atoms with Crippen LogP contribution in [0.3, 0.4) is 0 Å². The number of amides is 4. The van der Waals surface area contributed by atoms with Gasteiger partial charge in [0.25, 0.3) is 17.7 Å². The van der Waals surface area contributed by atoms with Gasteiger partial charge in [-0.2, -0.15) is 0 Å². The molecule has 2 heterocycles. The van der Waals surface area contributed by atoms with Crippen molar-refractivity contribution in [3.05, 3.63) is 59.2 Å². The minimum absolute atomic E-state index is 0.0824. The van der Waals surface area contributed by atoms with Crippen LogP contribution in [-0.4, -0.2) is 61.6 Å². The van der Waals surface area contributed by atoms with E-state index in [0.29, 0.717) is 17.0 Å². The van der Waals surface area contributed by atoms with E-state index in [2.05, 4.69) is 10.6 Å². The highest BCUT2D eigenvalue weighted by Gasteiger charge is 2.43. The van der Waals surface area contributed by atoms with Crippen molar-refractivity contribution < 1.29 is 32.3 Å². The summed E-state index contributed by atoms with van der Waals surface area (Å²) in [5.41, 5.74) is 1.44. The molecule has 4 rings (SSSR count). The third kappa shape index (κ3) is 4.65. The first-order valence-corrected chi connectivity index (χ1v) is 12.6. The van der Waals surface area contributed by atoms with Gasteiger partial charge in [-0.05, 0) is 43.2 Å². The van der Waals surface area contributed by atoms with Gasteiger partial charge in [-0.3, -0.25) is 24.1 Å². The lowest BCUT2D eigenvalue weighted by molar-refractivity contribution is -0.125. The van der Waals surface area contributed by atoms with Crippen molar-refractivity contribution in [1.82, 2.24) is 10.2 Å². The Labute approximate surface area is 196 Å². The fourth-order valence-corrected chi connectivity index (χ4v) is 4.61. The normalized spacial score (nSPS) is 16.8. The second-order valence-electron chi connectivity index (χ2n) is 8.28. The number of rotatable bonds is 7. The molecule has 2 aliphatic heterocycles. The lowest BCUT2D eigenvalue weighted by atomic mass is 10.1. The molecule has 2 aromatic rings. The molecule has 34 heavy (non-hydrogen) atoms. The van der Waals surface area contributed by atoms with E-state index >= 15 is 0 Å². The van der Waals surface area contributed by atoms with E-state index in [1.807, 2.05) is 0 Å². The Bertz CT molecular complexity index is 1270. The lowest BCUT2D eigenvalue weighted by Crippen LogP contribution is -2.50. The first kappa shape index (κ1) is 23.4. The van der Waals surface area contributed by atoms with Gasteiger partial charge in [0.05, 0.1) is 28.6 Å². The molecule has 0 spiro atoms. The number of carbonyl (C=O) groups is 4. The maximum absolute atomic E-state index is 13.3. The number of ether oxygens (including phenoxy) is 1. The molecular weight excluding hydrogens is 462 g/mol. The van der Waals surface area contributed by atoms with Crippen molar-refractivity contribution in [2.75, 3.05) is 23.9 Å². The quantitative estimate of drug-likeness (QED) is 0.564. The van der Waals surface area contributed by atoms with Crippen LogP contribution in [0, 0.1) is 0 Å². The van der Waals surface area contributed by atoms with Crippen LogP contribution in [0.5, 0.6) is 5.75 Å². The average molecular weight is 486 g/mol. The molecule has 10 nitrogen and oxygen atoms in total. The molecule has 0 unspecified atom stereocenters. The number of imide groups is 1. The summed E-state index contributed by atoms with van der Waals surface area (Å²) in [6, 6.07) is 9.36. The zero-order valence-corrected chi connectivity index (χ0v) is 19.3. The molecule has 0 bridgehead atoms. The first-order valence-electron chi connectivity index (χ1n) is 10.6. The van der Waals surface area contributed by atoms with Gasteiger partial charge in [-0.15, -0.1) is 0 Å². The Balaban J connectivity index is 1.58. The summed E-state index contributed by atoms with van der Waals surface area (Å²) in [7, 11) is -3.46. The largest absolute Gasteiger partial charge is 0.482 e. The van der Waals surface area contributed by atoms with Crippen LogP contribution in [0.1, 0.15) is 45.7 Å². The first-order chi connectivity index (χ1) is 16.0. The zero-order chi connectivity index (χ0) is 24.6. The van der Waals surface area contributed by atoms with E-state index in [9.17, 15) is 27.6 Å². The minimum Gasteiger partial charge on any atom is -0.482 e. The van der Waals surface area contributed by atoms with E-state index < -0.39 is 39.6 Å². The van der Waals surface area contributed by atoms with Crippen molar-refractivity contribution in [3.8, 4) is 5.75 Å². The minimum atomic E-state index is -3.46. The van der Waals surface area contributed by atoms with Gasteiger partial charge < -0.3 is 15.4 Å². The fraction of sp³-hybridized carbons (Fsp3) is 0.304. The standard InChI is InChI=1S/C23H23N3O7S/c1-13(14-7-8-19-17(11-14)25-20(27)12-33-19)24-21(28)18(9-10-34(2,31)32)26-22(29)15-5-3-4-6-16(15)23(26)30/h3-8,11,13,18H,9-10,12H2,1-2H3,(H,24,28)(H,25,27)/t13-,18-/m1/s1. The van der Waals surface area contributed by atoms with Crippen LogP contribution < -0.4 is 15.4 Å². The van der Waals surface area contributed by atoms with Gasteiger partial charge in [0.2, 0.25) is 5.91 Å². The monoisotopic (exact) mass is 485 g/mol. The van der Waals surface area contributed by atoms with Crippen LogP contribution in [0.15, 0.2) is 42.5 Å². The number of nitrogens with zero attached hydrogens (tertiary/aromatic N) is 1. The smallest absolute Gasteiger partial charge is 0.262 e. The highest BCUT2D eigenvalue weighted by molar-refractivity contribution is 7.90. The van der Waals surface area contributed by atoms with Gasteiger partial charge in [0, 0.05) is 6.26 Å². The fourth-order valence-electron chi connectivity index (χ4n) is 3.96. The number of benzene rings is 2. The average Bonchev–Trinajstić information content (AvgIpc) is 3.03. The molecule has 0 saturated heterocycles. The Morgan fingerprint density at radius 3 is 2.38 bits per heavy atom. The third-order valence-corrected chi connectivity index (χ3v) is 6.67. The van der Waals surface area contributed by atoms with Crippen molar-refractivity contribution in [3.63, 3.8) is 0 Å². The SMILES string of the molecule is C[C@@H](NC(=O)[C@@H](CCS(C)(=O)=O)N1C(=O)c2ccccc2C1=O)c1ccc2c(c1)NC(=O)CO2. The number of fused-ring (bicyclic) bond motifs is 2. The Morgan fingerprint density at radius 2 is 1.76 bits per heavy atom. The Hall–Kier alpha value is -3.73. The summed E-state index contributed by atoms with van der Waals surface area (Å²) in [5, 5.41) is 5.46. The molecule has 0 saturated carbocycles. The highest BCUT2D eigenvalue weighted by atomic mass is 32.2. The summed E-state index contributed by atoms with van der Waals surface area (Å²) < 4.78 is 28.9. The molecular formula is C23H23N3O7S. The topological polar surface area (TPSA) is 139 Å². The summed E-state index contributed by atoms with van der Waals surface area (Å²) in [6.45, 7) is 1.61. The zero-order valence-electron chi connectivity index (χ0n) is 18.5. The Morgan fingerprint density at radius 1 is 1.12 bits per heavy atom. The predicted octanol–water partition coefficient (Wildman–Crippen LogP) is 1.29. The van der Waals surface area contributed by atoms with Crippen LogP contribution in [0.25, 0.3) is 0 Å². The maximum atomic E-state index is 13.3. The summed E-state index contributed by atoms with van der Waals surface area (Å²) in [6.07, 6.45) is 0.785. The third-order valence-electron chi connectivity index (χ3n) is 5.70. The summed E-state index contributed by atoms with van der Waals surface area (Å²) in [4.78, 5) is 51.6. The van der Waals surface area contributed by atoms with Gasteiger partial charge in [-0.1, -0.05) is 18.2 Å². The number of carbonyl (C=O) groups excluding carboxylic acids is 4. The Kier molecular flexibility index (Phi) is 6.13. The molecule has 4 amide bonds. The molecule has 0 aromatic heterocycles. The van der Waals surface area contributed by atoms with Crippen molar-refractivity contribution >= 4 is 39.2 Å². The number of hydrogen-bond acceptors (Lipinski definition) is 7. The molecule has 178 valence electrons. The van der Waals surface area contributed by atoms with Crippen molar-refractivity contribution in [1.29, 1.82) is 0 Å². The van der Waals surface area contributed by atoms with Crippen LogP contribution in [0.2, 0.25) is 0 Å². The lowest BCUT2D eigenvalue weighted by Gasteiger charge is -2.27.